The largest absolute Gasteiger partial charge is 0.260 e. The van der Waals surface area contributed by atoms with Crippen LogP contribution in [-0.4, -0.2) is 16.7 Å². The number of hydrogen-bond donors (Lipinski definition) is 0. The van der Waals surface area contributed by atoms with Crippen molar-refractivity contribution in [3.05, 3.63) is 0 Å². The van der Waals surface area contributed by atoms with Gasteiger partial charge in [0, 0.05) is 23.3 Å². The van der Waals surface area contributed by atoms with Crippen LogP contribution in [0.2, 0.25) is 0 Å². The van der Waals surface area contributed by atoms with Gasteiger partial charge in [0.05, 0.1) is 0 Å². The number of hydrogen-bond acceptors (Lipinski definition) is 1. The van der Waals surface area contributed by atoms with E-state index in [1.54, 1.807) is 12.5 Å². The highest BCUT2D eigenvalue weighted by atomic mass is 32.2. The normalized spacial score (nSPS) is 9.92. The lowest BCUT2D eigenvalue weighted by Gasteiger charge is -2.00. The van der Waals surface area contributed by atoms with Crippen LogP contribution in [0.5, 0.6) is 0 Å². The van der Waals surface area contributed by atoms with Crippen molar-refractivity contribution in [1.29, 1.82) is 0 Å². The second-order valence-corrected chi connectivity index (χ2v) is 5.11. The summed E-state index contributed by atoms with van der Waals surface area (Å²) in [6, 6.07) is 0. The average Bonchev–Trinajstić information content (AvgIpc) is 1.86. The van der Waals surface area contributed by atoms with Gasteiger partial charge in [-0.1, -0.05) is 46.5 Å². The SMILES string of the molecule is CCCCCC(C)C.CS(C)=O. The van der Waals surface area contributed by atoms with Gasteiger partial charge in [0.25, 0.3) is 0 Å². The molecule has 0 radical (unpaired) electrons. The average molecular weight is 192 g/mol. The molecule has 0 heterocycles. The molecule has 0 spiro atoms. The van der Waals surface area contributed by atoms with Gasteiger partial charge in [0.1, 0.15) is 0 Å². The van der Waals surface area contributed by atoms with Crippen LogP contribution in [0.3, 0.4) is 0 Å². The molecule has 0 rings (SSSR count). The first kappa shape index (κ1) is 14.7. The summed E-state index contributed by atoms with van der Waals surface area (Å²) in [7, 11) is -0.611. The summed E-state index contributed by atoms with van der Waals surface area (Å²) >= 11 is 0. The van der Waals surface area contributed by atoms with Gasteiger partial charge in [0.2, 0.25) is 0 Å². The summed E-state index contributed by atoms with van der Waals surface area (Å²) in [6.07, 6.45) is 8.88. The molecule has 0 aliphatic heterocycles. The fourth-order valence-electron chi connectivity index (χ4n) is 0.803. The first-order valence-corrected chi connectivity index (χ1v) is 6.72. The molecule has 0 unspecified atom stereocenters. The fraction of sp³-hybridized carbons (Fsp3) is 1.00. The highest BCUT2D eigenvalue weighted by Crippen LogP contribution is 2.06. The van der Waals surface area contributed by atoms with Crippen molar-refractivity contribution in [1.82, 2.24) is 0 Å². The van der Waals surface area contributed by atoms with Crippen LogP contribution in [0, 0.1) is 5.92 Å². The molecule has 12 heavy (non-hydrogen) atoms. The first-order valence-electron chi connectivity index (χ1n) is 4.75. The molecule has 0 aliphatic carbocycles. The molecular weight excluding hydrogens is 168 g/mol. The molecule has 0 aliphatic rings. The monoisotopic (exact) mass is 192 g/mol. The zero-order chi connectivity index (χ0) is 9.98. The van der Waals surface area contributed by atoms with Crippen molar-refractivity contribution in [3.63, 3.8) is 0 Å². The maximum absolute atomic E-state index is 9.56. The summed E-state index contributed by atoms with van der Waals surface area (Å²) in [5.74, 6) is 0.904. The van der Waals surface area contributed by atoms with Gasteiger partial charge in [0.15, 0.2) is 0 Å². The van der Waals surface area contributed by atoms with Crippen LogP contribution in [0.1, 0.15) is 46.5 Å². The Balaban J connectivity index is 0. The van der Waals surface area contributed by atoms with E-state index in [-0.39, 0.29) is 0 Å². The smallest absolute Gasteiger partial charge is 0.0148 e. The lowest BCUT2D eigenvalue weighted by Crippen LogP contribution is -1.85. The third kappa shape index (κ3) is 32.0. The number of unbranched alkanes of at least 4 members (excludes halogenated alkanes) is 2. The lowest BCUT2D eigenvalue weighted by atomic mass is 10.1. The molecule has 0 saturated heterocycles. The zero-order valence-corrected chi connectivity index (χ0v) is 10.0. The quantitative estimate of drug-likeness (QED) is 0.625. The van der Waals surface area contributed by atoms with Gasteiger partial charge >= 0.3 is 0 Å². The van der Waals surface area contributed by atoms with Crippen LogP contribution >= 0.6 is 0 Å². The maximum Gasteiger partial charge on any atom is 0.0148 e. The molecule has 0 aromatic rings. The first-order chi connectivity index (χ1) is 5.50. The summed E-state index contributed by atoms with van der Waals surface area (Å²) in [4.78, 5) is 0. The second kappa shape index (κ2) is 11.2. The molecule has 0 saturated carbocycles. The van der Waals surface area contributed by atoms with Crippen LogP contribution in [-0.2, 0) is 10.8 Å². The van der Waals surface area contributed by atoms with Crippen LogP contribution < -0.4 is 0 Å². The molecule has 76 valence electrons. The molecule has 0 bridgehead atoms. The maximum atomic E-state index is 9.56. The fourth-order valence-corrected chi connectivity index (χ4v) is 0.803. The Morgan fingerprint density at radius 3 is 1.83 bits per heavy atom. The Kier molecular flexibility index (Phi) is 13.6. The van der Waals surface area contributed by atoms with E-state index in [4.69, 9.17) is 0 Å². The van der Waals surface area contributed by atoms with Crippen LogP contribution in [0.15, 0.2) is 0 Å². The number of rotatable bonds is 4. The molecule has 0 aromatic heterocycles. The third-order valence-electron chi connectivity index (χ3n) is 1.39. The van der Waals surface area contributed by atoms with Gasteiger partial charge in [-0.3, -0.25) is 4.21 Å². The van der Waals surface area contributed by atoms with Gasteiger partial charge in [-0.2, -0.15) is 0 Å². The summed E-state index contributed by atoms with van der Waals surface area (Å²) < 4.78 is 9.56. The highest BCUT2D eigenvalue weighted by Gasteiger charge is 1.90. The minimum Gasteiger partial charge on any atom is -0.260 e. The van der Waals surface area contributed by atoms with E-state index in [0.29, 0.717) is 0 Å². The Labute approximate surface area is 80.4 Å². The molecule has 1 nitrogen and oxygen atoms in total. The van der Waals surface area contributed by atoms with E-state index in [1.165, 1.54) is 25.7 Å². The van der Waals surface area contributed by atoms with Crippen LogP contribution in [0.25, 0.3) is 0 Å². The van der Waals surface area contributed by atoms with Gasteiger partial charge < -0.3 is 0 Å². The second-order valence-electron chi connectivity index (χ2n) is 3.63. The minimum atomic E-state index is -0.611. The standard InChI is InChI=1S/C8H18.C2H6OS/c1-4-5-6-7-8(2)3;1-4(2)3/h8H,4-7H2,1-3H3;1-2H3. The van der Waals surface area contributed by atoms with E-state index >= 15 is 0 Å². The van der Waals surface area contributed by atoms with E-state index in [2.05, 4.69) is 20.8 Å². The Morgan fingerprint density at radius 2 is 1.58 bits per heavy atom. The van der Waals surface area contributed by atoms with Crippen molar-refractivity contribution in [2.24, 2.45) is 5.92 Å². The molecule has 0 N–H and O–H groups in total. The van der Waals surface area contributed by atoms with E-state index in [9.17, 15) is 4.21 Å². The molecule has 0 fully saturated rings. The van der Waals surface area contributed by atoms with Gasteiger partial charge in [-0.15, -0.1) is 0 Å². The summed E-state index contributed by atoms with van der Waals surface area (Å²) in [5.41, 5.74) is 0. The molecule has 2 heteroatoms. The van der Waals surface area contributed by atoms with E-state index in [0.717, 1.165) is 5.92 Å². The Hall–Kier alpha value is 0.150. The van der Waals surface area contributed by atoms with Crippen molar-refractivity contribution in [2.75, 3.05) is 12.5 Å². The Morgan fingerprint density at radius 1 is 1.17 bits per heavy atom. The lowest BCUT2D eigenvalue weighted by molar-refractivity contribution is 0.534. The Bertz CT molecular complexity index is 96.0. The van der Waals surface area contributed by atoms with Gasteiger partial charge in [-0.25, -0.2) is 0 Å². The van der Waals surface area contributed by atoms with Crippen molar-refractivity contribution >= 4 is 10.8 Å². The third-order valence-corrected chi connectivity index (χ3v) is 1.39. The van der Waals surface area contributed by atoms with E-state index < -0.39 is 10.8 Å². The summed E-state index contributed by atoms with van der Waals surface area (Å²) in [5, 5.41) is 0. The van der Waals surface area contributed by atoms with Crippen molar-refractivity contribution in [2.45, 2.75) is 46.5 Å². The highest BCUT2D eigenvalue weighted by molar-refractivity contribution is 7.83. The van der Waals surface area contributed by atoms with E-state index in [1.807, 2.05) is 0 Å². The molecule has 0 aromatic carbocycles. The van der Waals surface area contributed by atoms with Crippen LogP contribution in [0.4, 0.5) is 0 Å². The zero-order valence-electron chi connectivity index (χ0n) is 9.22. The van der Waals surface area contributed by atoms with Gasteiger partial charge in [-0.05, 0) is 5.92 Å². The minimum absolute atomic E-state index is 0.611. The predicted octanol–water partition coefficient (Wildman–Crippen LogP) is 3.22. The molecule has 0 amide bonds. The summed E-state index contributed by atoms with van der Waals surface area (Å²) in [6.45, 7) is 6.83. The van der Waals surface area contributed by atoms with Crippen molar-refractivity contribution in [3.8, 4) is 0 Å². The molecular formula is C10H24OS. The predicted molar refractivity (Wildman–Crippen MR) is 59.0 cm³/mol. The molecule has 0 atom stereocenters. The topological polar surface area (TPSA) is 17.1 Å². The van der Waals surface area contributed by atoms with Crippen molar-refractivity contribution < 1.29 is 4.21 Å².